The number of H-pyrrole nitrogens is 1. The third kappa shape index (κ3) is 2.80. The molecule has 0 amide bonds. The average Bonchev–Trinajstić information content (AvgIpc) is 3.02. The van der Waals surface area contributed by atoms with E-state index in [0.29, 0.717) is 11.5 Å². The molecule has 1 heterocycles. The smallest absolute Gasteiger partial charge is 0.304 e. The fraction of sp³-hybridized carbons (Fsp3) is 0.211. The first-order chi connectivity index (χ1) is 11.7. The van der Waals surface area contributed by atoms with Gasteiger partial charge in [-0.2, -0.15) is 0 Å². The number of ether oxygens (including phenoxy) is 2. The first-order valence-corrected chi connectivity index (χ1v) is 7.64. The Bertz CT molecular complexity index is 869. The normalized spacial score (nSPS) is 12.1. The number of aromatic amines is 1. The number of nitrogens with one attached hydrogen (secondary N) is 1. The monoisotopic (exact) mass is 325 g/mol. The summed E-state index contributed by atoms with van der Waals surface area (Å²) < 4.78 is 10.9. The molecule has 0 spiro atoms. The molecule has 2 aromatic carbocycles. The zero-order valence-electron chi connectivity index (χ0n) is 13.6. The van der Waals surface area contributed by atoms with Crippen molar-refractivity contribution in [1.29, 1.82) is 0 Å². The van der Waals surface area contributed by atoms with Gasteiger partial charge >= 0.3 is 5.97 Å². The Balaban J connectivity index is 2.20. The number of carbonyl (C=O) groups is 1. The Labute approximate surface area is 139 Å². The van der Waals surface area contributed by atoms with Gasteiger partial charge in [0.05, 0.1) is 20.6 Å². The van der Waals surface area contributed by atoms with E-state index >= 15 is 0 Å². The van der Waals surface area contributed by atoms with E-state index in [9.17, 15) is 9.90 Å². The first kappa shape index (κ1) is 15.9. The van der Waals surface area contributed by atoms with Gasteiger partial charge in [0.1, 0.15) is 0 Å². The molecule has 0 aliphatic carbocycles. The summed E-state index contributed by atoms with van der Waals surface area (Å²) in [5.74, 6) is -0.0550. The van der Waals surface area contributed by atoms with E-state index in [1.165, 1.54) is 0 Å². The van der Waals surface area contributed by atoms with E-state index in [0.717, 1.165) is 22.0 Å². The van der Waals surface area contributed by atoms with Gasteiger partial charge in [0.2, 0.25) is 0 Å². The zero-order chi connectivity index (χ0) is 17.1. The minimum Gasteiger partial charge on any atom is -0.493 e. The summed E-state index contributed by atoms with van der Waals surface area (Å²) in [6, 6.07) is 13.4. The molecule has 2 N–H and O–H groups in total. The van der Waals surface area contributed by atoms with Gasteiger partial charge in [-0.25, -0.2) is 0 Å². The molecular formula is C19H19NO4. The molecule has 0 saturated heterocycles. The Hall–Kier alpha value is -2.95. The molecule has 1 unspecified atom stereocenters. The Morgan fingerprint density at radius 1 is 1.08 bits per heavy atom. The SMILES string of the molecule is COc1cccc(C(CC(=O)O)c2c[nH]c3ccccc23)c1OC. The number of rotatable bonds is 6. The van der Waals surface area contributed by atoms with Crippen LogP contribution in [0.4, 0.5) is 0 Å². The van der Waals surface area contributed by atoms with E-state index in [-0.39, 0.29) is 12.3 Å². The minimum atomic E-state index is -0.866. The van der Waals surface area contributed by atoms with Crippen LogP contribution in [0.3, 0.4) is 0 Å². The fourth-order valence-corrected chi connectivity index (χ4v) is 3.13. The van der Waals surface area contributed by atoms with Crippen molar-refractivity contribution >= 4 is 16.9 Å². The van der Waals surface area contributed by atoms with Crippen molar-refractivity contribution in [3.8, 4) is 11.5 Å². The third-order valence-corrected chi connectivity index (χ3v) is 4.18. The topological polar surface area (TPSA) is 71.5 Å². The molecule has 0 aliphatic heterocycles. The van der Waals surface area contributed by atoms with Gasteiger partial charge in [-0.3, -0.25) is 4.79 Å². The van der Waals surface area contributed by atoms with E-state index in [1.807, 2.05) is 42.6 Å². The van der Waals surface area contributed by atoms with Gasteiger partial charge in [-0.15, -0.1) is 0 Å². The largest absolute Gasteiger partial charge is 0.493 e. The summed E-state index contributed by atoms with van der Waals surface area (Å²) in [5.41, 5.74) is 2.70. The minimum absolute atomic E-state index is 0.0363. The first-order valence-electron chi connectivity index (χ1n) is 7.64. The van der Waals surface area contributed by atoms with Gasteiger partial charge in [0.25, 0.3) is 0 Å². The molecule has 3 aromatic rings. The lowest BCUT2D eigenvalue weighted by Gasteiger charge is -2.20. The van der Waals surface area contributed by atoms with Crippen LogP contribution in [0.15, 0.2) is 48.7 Å². The van der Waals surface area contributed by atoms with Crippen LogP contribution in [0.2, 0.25) is 0 Å². The lowest BCUT2D eigenvalue weighted by atomic mass is 9.87. The zero-order valence-corrected chi connectivity index (χ0v) is 13.6. The maximum atomic E-state index is 11.5. The molecule has 124 valence electrons. The highest BCUT2D eigenvalue weighted by atomic mass is 16.5. The molecule has 0 bridgehead atoms. The molecule has 3 rings (SSSR count). The second kappa shape index (κ2) is 6.66. The lowest BCUT2D eigenvalue weighted by molar-refractivity contribution is -0.137. The standard InChI is InChI=1S/C19H19NO4/c1-23-17-9-5-7-13(19(17)24-2)14(10-18(21)22)15-11-20-16-8-4-3-6-12(15)16/h3-9,11,14,20H,10H2,1-2H3,(H,21,22). The fourth-order valence-electron chi connectivity index (χ4n) is 3.13. The molecule has 24 heavy (non-hydrogen) atoms. The number of fused-ring (bicyclic) bond motifs is 1. The second-order valence-electron chi connectivity index (χ2n) is 5.52. The van der Waals surface area contributed by atoms with Gasteiger partial charge in [0.15, 0.2) is 11.5 Å². The summed E-state index contributed by atoms with van der Waals surface area (Å²) in [4.78, 5) is 14.7. The summed E-state index contributed by atoms with van der Waals surface area (Å²) in [6.45, 7) is 0. The third-order valence-electron chi connectivity index (χ3n) is 4.18. The van der Waals surface area contributed by atoms with Crippen LogP contribution >= 0.6 is 0 Å². The number of para-hydroxylation sites is 2. The Morgan fingerprint density at radius 3 is 2.58 bits per heavy atom. The second-order valence-corrected chi connectivity index (χ2v) is 5.52. The summed E-state index contributed by atoms with van der Waals surface area (Å²) in [6.07, 6.45) is 1.84. The highest BCUT2D eigenvalue weighted by molar-refractivity contribution is 5.85. The van der Waals surface area contributed by atoms with Crippen LogP contribution in [0, 0.1) is 0 Å². The van der Waals surface area contributed by atoms with Gasteiger partial charge in [0, 0.05) is 28.6 Å². The summed E-state index contributed by atoms with van der Waals surface area (Å²) in [7, 11) is 3.13. The molecule has 5 nitrogen and oxygen atoms in total. The van der Waals surface area contributed by atoms with Crippen molar-refractivity contribution in [2.45, 2.75) is 12.3 Å². The summed E-state index contributed by atoms with van der Waals surface area (Å²) >= 11 is 0. The lowest BCUT2D eigenvalue weighted by Crippen LogP contribution is -2.09. The van der Waals surface area contributed by atoms with Gasteiger partial charge < -0.3 is 19.6 Å². The molecule has 5 heteroatoms. The maximum absolute atomic E-state index is 11.5. The number of benzene rings is 2. The van der Waals surface area contributed by atoms with Crippen molar-refractivity contribution in [2.75, 3.05) is 14.2 Å². The molecule has 1 atom stereocenters. The number of carboxylic acid groups (broad SMARTS) is 1. The van der Waals surface area contributed by atoms with Gasteiger partial charge in [-0.05, 0) is 17.7 Å². The van der Waals surface area contributed by atoms with Crippen LogP contribution < -0.4 is 9.47 Å². The number of carboxylic acids is 1. The van der Waals surface area contributed by atoms with Crippen molar-refractivity contribution < 1.29 is 19.4 Å². The van der Waals surface area contributed by atoms with Crippen molar-refractivity contribution in [2.24, 2.45) is 0 Å². The van der Waals surface area contributed by atoms with Crippen LogP contribution in [0.1, 0.15) is 23.5 Å². The van der Waals surface area contributed by atoms with E-state index in [1.54, 1.807) is 20.3 Å². The molecule has 1 aromatic heterocycles. The molecule has 0 aliphatic rings. The average molecular weight is 325 g/mol. The predicted molar refractivity (Wildman–Crippen MR) is 91.9 cm³/mol. The summed E-state index contributed by atoms with van der Waals surface area (Å²) in [5, 5.41) is 10.4. The Kier molecular flexibility index (Phi) is 4.42. The Morgan fingerprint density at radius 2 is 1.88 bits per heavy atom. The molecule has 0 radical (unpaired) electrons. The maximum Gasteiger partial charge on any atom is 0.304 e. The van der Waals surface area contributed by atoms with E-state index < -0.39 is 5.97 Å². The molecule has 0 saturated carbocycles. The van der Waals surface area contributed by atoms with Crippen LogP contribution in [-0.2, 0) is 4.79 Å². The number of aliphatic carboxylic acids is 1. The highest BCUT2D eigenvalue weighted by Gasteiger charge is 2.25. The van der Waals surface area contributed by atoms with Crippen molar-refractivity contribution in [3.05, 3.63) is 59.8 Å². The van der Waals surface area contributed by atoms with Crippen molar-refractivity contribution in [3.63, 3.8) is 0 Å². The highest BCUT2D eigenvalue weighted by Crippen LogP contribution is 2.41. The molecule has 0 fully saturated rings. The van der Waals surface area contributed by atoms with Gasteiger partial charge in [-0.1, -0.05) is 30.3 Å². The van der Waals surface area contributed by atoms with Crippen LogP contribution in [-0.4, -0.2) is 30.3 Å². The quantitative estimate of drug-likeness (QED) is 0.723. The molecular weight excluding hydrogens is 306 g/mol. The number of hydrogen-bond donors (Lipinski definition) is 2. The van der Waals surface area contributed by atoms with Crippen LogP contribution in [0.5, 0.6) is 11.5 Å². The van der Waals surface area contributed by atoms with Crippen LogP contribution in [0.25, 0.3) is 10.9 Å². The number of aromatic nitrogens is 1. The number of hydrogen-bond acceptors (Lipinski definition) is 3. The van der Waals surface area contributed by atoms with E-state index in [4.69, 9.17) is 9.47 Å². The number of methoxy groups -OCH3 is 2. The van der Waals surface area contributed by atoms with E-state index in [2.05, 4.69) is 4.98 Å². The predicted octanol–water partition coefficient (Wildman–Crippen LogP) is 3.79. The van der Waals surface area contributed by atoms with Crippen molar-refractivity contribution in [1.82, 2.24) is 4.98 Å².